The van der Waals surface area contributed by atoms with E-state index in [1.165, 1.54) is 17.4 Å². The van der Waals surface area contributed by atoms with Crippen molar-refractivity contribution in [2.45, 2.75) is 26.3 Å². The normalized spacial score (nSPS) is 20.1. The van der Waals surface area contributed by atoms with E-state index in [2.05, 4.69) is 9.97 Å². The highest BCUT2D eigenvalue weighted by Gasteiger charge is 2.44. The number of carbonyl (C=O) groups is 2. The van der Waals surface area contributed by atoms with Gasteiger partial charge in [0.25, 0.3) is 5.91 Å². The maximum Gasteiger partial charge on any atom is 0.333 e. The van der Waals surface area contributed by atoms with Gasteiger partial charge in [0.2, 0.25) is 0 Å². The molecule has 1 fully saturated rings. The SMILES string of the molecule is CC(C)C[C@H]1C(=O)N(c2ccncn2)C(=O)N1C. The van der Waals surface area contributed by atoms with Gasteiger partial charge >= 0.3 is 6.03 Å². The molecule has 0 unspecified atom stereocenters. The minimum absolute atomic E-state index is 0.213. The molecule has 3 amide bonds. The molecular weight excluding hydrogens is 232 g/mol. The van der Waals surface area contributed by atoms with Crippen LogP contribution in [0.15, 0.2) is 18.6 Å². The van der Waals surface area contributed by atoms with Crippen LogP contribution in [0, 0.1) is 5.92 Å². The van der Waals surface area contributed by atoms with Crippen LogP contribution in [0.3, 0.4) is 0 Å². The number of carbonyl (C=O) groups excluding carboxylic acids is 2. The highest BCUT2D eigenvalue weighted by molar-refractivity contribution is 6.20. The Morgan fingerprint density at radius 1 is 1.39 bits per heavy atom. The van der Waals surface area contributed by atoms with Crippen molar-refractivity contribution in [3.63, 3.8) is 0 Å². The van der Waals surface area contributed by atoms with E-state index < -0.39 is 6.04 Å². The van der Waals surface area contributed by atoms with Crippen LogP contribution in [-0.2, 0) is 4.79 Å². The predicted molar refractivity (Wildman–Crippen MR) is 65.9 cm³/mol. The highest BCUT2D eigenvalue weighted by atomic mass is 16.2. The minimum Gasteiger partial charge on any atom is -0.315 e. The van der Waals surface area contributed by atoms with E-state index in [0.29, 0.717) is 18.2 Å². The summed E-state index contributed by atoms with van der Waals surface area (Å²) in [6, 6.07) is 0.832. The van der Waals surface area contributed by atoms with E-state index in [-0.39, 0.29) is 11.9 Å². The first-order valence-corrected chi connectivity index (χ1v) is 5.89. The molecule has 1 aliphatic heterocycles. The van der Waals surface area contributed by atoms with Gasteiger partial charge in [0.1, 0.15) is 18.2 Å². The van der Waals surface area contributed by atoms with Gasteiger partial charge in [-0.25, -0.2) is 19.7 Å². The third kappa shape index (κ3) is 2.05. The number of amides is 3. The average Bonchev–Trinajstić information content (AvgIpc) is 2.54. The maximum absolute atomic E-state index is 12.3. The topological polar surface area (TPSA) is 66.4 Å². The zero-order valence-corrected chi connectivity index (χ0v) is 10.7. The molecule has 0 radical (unpaired) electrons. The molecular formula is C12H16N4O2. The zero-order chi connectivity index (χ0) is 13.3. The first-order valence-electron chi connectivity index (χ1n) is 5.89. The third-order valence-electron chi connectivity index (χ3n) is 2.96. The molecule has 1 aliphatic rings. The molecule has 6 nitrogen and oxygen atoms in total. The van der Waals surface area contributed by atoms with Crippen LogP contribution in [0.4, 0.5) is 10.6 Å². The van der Waals surface area contributed by atoms with Crippen molar-refractivity contribution in [1.29, 1.82) is 0 Å². The average molecular weight is 248 g/mol. The Morgan fingerprint density at radius 3 is 2.67 bits per heavy atom. The first kappa shape index (κ1) is 12.5. The van der Waals surface area contributed by atoms with Gasteiger partial charge < -0.3 is 4.90 Å². The zero-order valence-electron chi connectivity index (χ0n) is 10.7. The number of anilines is 1. The summed E-state index contributed by atoms with van der Waals surface area (Å²) in [6.07, 6.45) is 3.49. The largest absolute Gasteiger partial charge is 0.333 e. The van der Waals surface area contributed by atoms with Gasteiger partial charge in [0, 0.05) is 13.2 Å². The summed E-state index contributed by atoms with van der Waals surface area (Å²) >= 11 is 0. The molecule has 2 rings (SSSR count). The summed E-state index contributed by atoms with van der Waals surface area (Å²) in [5.74, 6) is 0.465. The molecule has 1 atom stereocenters. The fourth-order valence-corrected chi connectivity index (χ4v) is 2.03. The summed E-state index contributed by atoms with van der Waals surface area (Å²) in [7, 11) is 1.65. The molecule has 2 heterocycles. The van der Waals surface area contributed by atoms with E-state index in [9.17, 15) is 9.59 Å². The lowest BCUT2D eigenvalue weighted by Crippen LogP contribution is -2.32. The first-order chi connectivity index (χ1) is 8.52. The van der Waals surface area contributed by atoms with Gasteiger partial charge in [0.05, 0.1) is 0 Å². The Bertz CT molecular complexity index is 460. The Morgan fingerprint density at radius 2 is 2.11 bits per heavy atom. The number of aromatic nitrogens is 2. The lowest BCUT2D eigenvalue weighted by Gasteiger charge is -2.17. The number of hydrogen-bond donors (Lipinski definition) is 0. The smallest absolute Gasteiger partial charge is 0.315 e. The van der Waals surface area contributed by atoms with Crippen LogP contribution in [0.25, 0.3) is 0 Å². The van der Waals surface area contributed by atoms with Crippen LogP contribution in [0.2, 0.25) is 0 Å². The highest BCUT2D eigenvalue weighted by Crippen LogP contribution is 2.25. The summed E-state index contributed by atoms with van der Waals surface area (Å²) in [5.41, 5.74) is 0. The van der Waals surface area contributed by atoms with Crippen LogP contribution in [0.5, 0.6) is 0 Å². The number of rotatable bonds is 3. The Labute approximate surface area is 106 Å². The lowest BCUT2D eigenvalue weighted by atomic mass is 10.0. The van der Waals surface area contributed by atoms with Gasteiger partial charge in [-0.2, -0.15) is 0 Å². The van der Waals surface area contributed by atoms with Crippen molar-refractivity contribution >= 4 is 17.8 Å². The van der Waals surface area contributed by atoms with Crippen LogP contribution < -0.4 is 4.90 Å². The van der Waals surface area contributed by atoms with Gasteiger partial charge in [-0.1, -0.05) is 13.8 Å². The predicted octanol–water partition coefficient (Wildman–Crippen LogP) is 1.29. The van der Waals surface area contributed by atoms with Crippen molar-refractivity contribution in [2.24, 2.45) is 5.92 Å². The van der Waals surface area contributed by atoms with Crippen molar-refractivity contribution in [3.05, 3.63) is 18.6 Å². The number of imide groups is 1. The summed E-state index contributed by atoms with van der Waals surface area (Å²) < 4.78 is 0. The Balaban J connectivity index is 2.29. The van der Waals surface area contributed by atoms with Gasteiger partial charge in [-0.05, 0) is 18.4 Å². The fourth-order valence-electron chi connectivity index (χ4n) is 2.03. The summed E-state index contributed by atoms with van der Waals surface area (Å²) in [4.78, 5) is 34.7. The van der Waals surface area contributed by atoms with Crippen molar-refractivity contribution in [3.8, 4) is 0 Å². The molecule has 1 aromatic rings. The second-order valence-corrected chi connectivity index (χ2v) is 4.78. The molecule has 1 aromatic heterocycles. The minimum atomic E-state index is -0.396. The second kappa shape index (κ2) is 4.72. The third-order valence-corrected chi connectivity index (χ3v) is 2.96. The van der Waals surface area contributed by atoms with Gasteiger partial charge in [-0.3, -0.25) is 4.79 Å². The molecule has 18 heavy (non-hydrogen) atoms. The van der Waals surface area contributed by atoms with E-state index in [1.807, 2.05) is 13.8 Å². The van der Waals surface area contributed by atoms with Gasteiger partial charge in [0.15, 0.2) is 0 Å². The molecule has 0 bridgehead atoms. The second-order valence-electron chi connectivity index (χ2n) is 4.78. The number of likely N-dealkylation sites (N-methyl/N-ethyl adjacent to an activating group) is 1. The van der Waals surface area contributed by atoms with Crippen molar-refractivity contribution in [2.75, 3.05) is 11.9 Å². The molecule has 0 aliphatic carbocycles. The van der Waals surface area contributed by atoms with Crippen LogP contribution in [-0.4, -0.2) is 39.9 Å². The summed E-state index contributed by atoms with van der Waals surface area (Å²) in [5, 5.41) is 0. The van der Waals surface area contributed by atoms with Gasteiger partial charge in [-0.15, -0.1) is 0 Å². The maximum atomic E-state index is 12.3. The van der Waals surface area contributed by atoms with Crippen LogP contribution in [0.1, 0.15) is 20.3 Å². The molecule has 0 N–H and O–H groups in total. The Hall–Kier alpha value is -1.98. The molecule has 0 spiro atoms. The van der Waals surface area contributed by atoms with E-state index in [0.717, 1.165) is 4.90 Å². The molecule has 96 valence electrons. The molecule has 0 aromatic carbocycles. The molecule has 0 saturated carbocycles. The lowest BCUT2D eigenvalue weighted by molar-refractivity contribution is -0.119. The molecule has 1 saturated heterocycles. The van der Waals surface area contributed by atoms with E-state index >= 15 is 0 Å². The monoisotopic (exact) mass is 248 g/mol. The van der Waals surface area contributed by atoms with E-state index in [4.69, 9.17) is 0 Å². The number of nitrogens with zero attached hydrogens (tertiary/aromatic N) is 4. The Kier molecular flexibility index (Phi) is 3.27. The fraction of sp³-hybridized carbons (Fsp3) is 0.500. The number of urea groups is 1. The van der Waals surface area contributed by atoms with E-state index in [1.54, 1.807) is 13.1 Å². The van der Waals surface area contributed by atoms with Crippen molar-refractivity contribution in [1.82, 2.24) is 14.9 Å². The standard InChI is InChI=1S/C12H16N4O2/c1-8(2)6-9-11(17)16(12(18)15(9)3)10-4-5-13-7-14-10/h4-5,7-9H,6H2,1-3H3/t9-/m0/s1. The molecule has 6 heteroatoms. The summed E-state index contributed by atoms with van der Waals surface area (Å²) in [6.45, 7) is 4.05. The quantitative estimate of drug-likeness (QED) is 0.756. The van der Waals surface area contributed by atoms with Crippen LogP contribution >= 0.6 is 0 Å². The van der Waals surface area contributed by atoms with Crippen molar-refractivity contribution < 1.29 is 9.59 Å². The number of hydrogen-bond acceptors (Lipinski definition) is 4.